The van der Waals surface area contributed by atoms with Crippen LogP contribution in [0.1, 0.15) is 25.3 Å². The lowest BCUT2D eigenvalue weighted by molar-refractivity contribution is 0.398. The van der Waals surface area contributed by atoms with Gasteiger partial charge in [0, 0.05) is 12.1 Å². The summed E-state index contributed by atoms with van der Waals surface area (Å²) < 4.78 is 37.1. The average Bonchev–Trinajstić information content (AvgIpc) is 2.41. The number of rotatable bonds is 4. The first-order valence-electron chi connectivity index (χ1n) is 6.32. The van der Waals surface area contributed by atoms with Crippen molar-refractivity contribution >= 4 is 0 Å². The average molecular weight is 278 g/mol. The largest absolute Gasteiger partial charge is 0.496 e. The van der Waals surface area contributed by atoms with Crippen LogP contribution in [0, 0.1) is 11.6 Å². The van der Waals surface area contributed by atoms with E-state index in [9.17, 15) is 8.78 Å². The molecule has 0 spiro atoms. The number of ether oxygens (including phenoxy) is 2. The predicted octanol–water partition coefficient (Wildman–Crippen LogP) is 4.89. The van der Waals surface area contributed by atoms with Crippen LogP contribution < -0.4 is 9.47 Å². The summed E-state index contributed by atoms with van der Waals surface area (Å²) in [6.45, 7) is 4.11. The van der Waals surface area contributed by atoms with Crippen LogP contribution in [0.5, 0.6) is 17.2 Å². The molecule has 0 atom stereocenters. The van der Waals surface area contributed by atoms with E-state index in [2.05, 4.69) is 13.8 Å². The molecule has 0 radical (unpaired) electrons. The maximum Gasteiger partial charge on any atom is 0.168 e. The molecule has 106 valence electrons. The zero-order chi connectivity index (χ0) is 14.7. The van der Waals surface area contributed by atoms with Crippen molar-refractivity contribution in [1.82, 2.24) is 0 Å². The Balaban J connectivity index is 2.30. The van der Waals surface area contributed by atoms with Crippen LogP contribution in [0.4, 0.5) is 8.78 Å². The number of hydrogen-bond donors (Lipinski definition) is 0. The molecule has 0 aliphatic rings. The van der Waals surface area contributed by atoms with Crippen molar-refractivity contribution in [2.45, 2.75) is 19.8 Å². The zero-order valence-corrected chi connectivity index (χ0v) is 11.6. The van der Waals surface area contributed by atoms with Crippen molar-refractivity contribution in [3.05, 3.63) is 53.6 Å². The first-order valence-corrected chi connectivity index (χ1v) is 6.32. The molecule has 20 heavy (non-hydrogen) atoms. The third-order valence-corrected chi connectivity index (χ3v) is 2.95. The second kappa shape index (κ2) is 5.90. The van der Waals surface area contributed by atoms with Crippen LogP contribution in [0.15, 0.2) is 36.4 Å². The van der Waals surface area contributed by atoms with Gasteiger partial charge in [0.2, 0.25) is 0 Å². The van der Waals surface area contributed by atoms with E-state index in [1.54, 1.807) is 19.2 Å². The van der Waals surface area contributed by atoms with Gasteiger partial charge in [-0.25, -0.2) is 8.78 Å². The number of halogens is 2. The lowest BCUT2D eigenvalue weighted by Crippen LogP contribution is -1.96. The van der Waals surface area contributed by atoms with E-state index in [-0.39, 0.29) is 5.75 Å². The Kier molecular flexibility index (Phi) is 4.23. The standard InChI is InChI=1S/C16H16F2O2/c1-10(2)13-6-5-12(9-16(13)19-3)20-15-7-4-11(17)8-14(15)18/h4-10H,1-3H3. The van der Waals surface area contributed by atoms with Gasteiger partial charge >= 0.3 is 0 Å². The Bertz CT molecular complexity index is 609. The molecule has 0 heterocycles. The molecule has 0 bridgehead atoms. The minimum absolute atomic E-state index is 0.0225. The lowest BCUT2D eigenvalue weighted by Gasteiger charge is -2.14. The second-order valence-corrected chi connectivity index (χ2v) is 4.74. The summed E-state index contributed by atoms with van der Waals surface area (Å²) in [5.74, 6) is 0.0311. The van der Waals surface area contributed by atoms with Crippen molar-refractivity contribution in [2.75, 3.05) is 7.11 Å². The van der Waals surface area contributed by atoms with Gasteiger partial charge < -0.3 is 9.47 Å². The van der Waals surface area contributed by atoms with Crippen molar-refractivity contribution in [1.29, 1.82) is 0 Å². The van der Waals surface area contributed by atoms with Crippen LogP contribution in [-0.4, -0.2) is 7.11 Å². The van der Waals surface area contributed by atoms with Gasteiger partial charge in [0.15, 0.2) is 11.6 Å². The van der Waals surface area contributed by atoms with E-state index in [1.807, 2.05) is 6.07 Å². The first kappa shape index (κ1) is 14.3. The van der Waals surface area contributed by atoms with Crippen molar-refractivity contribution in [3.63, 3.8) is 0 Å². The summed E-state index contributed by atoms with van der Waals surface area (Å²) in [6, 6.07) is 8.50. The van der Waals surface area contributed by atoms with E-state index in [0.29, 0.717) is 17.4 Å². The fourth-order valence-electron chi connectivity index (χ4n) is 1.92. The fraction of sp³-hybridized carbons (Fsp3) is 0.250. The molecule has 2 rings (SSSR count). The fourth-order valence-corrected chi connectivity index (χ4v) is 1.92. The van der Waals surface area contributed by atoms with E-state index >= 15 is 0 Å². The minimum atomic E-state index is -0.739. The van der Waals surface area contributed by atoms with Gasteiger partial charge in [0.05, 0.1) is 7.11 Å². The van der Waals surface area contributed by atoms with E-state index in [1.165, 1.54) is 6.07 Å². The molecule has 0 aliphatic heterocycles. The van der Waals surface area contributed by atoms with Crippen LogP contribution in [0.25, 0.3) is 0 Å². The normalized spacial score (nSPS) is 10.7. The molecule has 0 fully saturated rings. The summed E-state index contributed by atoms with van der Waals surface area (Å²) in [5, 5.41) is 0. The van der Waals surface area contributed by atoms with Crippen LogP contribution in [0.2, 0.25) is 0 Å². The van der Waals surface area contributed by atoms with Crippen LogP contribution in [0.3, 0.4) is 0 Å². The molecule has 2 nitrogen and oxygen atoms in total. The molecule has 2 aromatic carbocycles. The van der Waals surface area contributed by atoms with Gasteiger partial charge in [-0.3, -0.25) is 0 Å². The van der Waals surface area contributed by atoms with Crippen molar-refractivity contribution in [3.8, 4) is 17.2 Å². The van der Waals surface area contributed by atoms with Gasteiger partial charge in [0.1, 0.15) is 17.3 Å². The highest BCUT2D eigenvalue weighted by Gasteiger charge is 2.11. The Morgan fingerprint density at radius 1 is 0.950 bits per heavy atom. The van der Waals surface area contributed by atoms with E-state index < -0.39 is 11.6 Å². The molecule has 0 aliphatic carbocycles. The first-order chi connectivity index (χ1) is 9.51. The summed E-state index contributed by atoms with van der Waals surface area (Å²) in [6.07, 6.45) is 0. The highest BCUT2D eigenvalue weighted by molar-refractivity contribution is 5.44. The van der Waals surface area contributed by atoms with Crippen LogP contribution >= 0.6 is 0 Å². The van der Waals surface area contributed by atoms with Crippen molar-refractivity contribution < 1.29 is 18.3 Å². The van der Waals surface area contributed by atoms with E-state index in [4.69, 9.17) is 9.47 Å². The monoisotopic (exact) mass is 278 g/mol. The highest BCUT2D eigenvalue weighted by atomic mass is 19.1. The second-order valence-electron chi connectivity index (χ2n) is 4.74. The SMILES string of the molecule is COc1cc(Oc2ccc(F)cc2F)ccc1C(C)C. The molecular weight excluding hydrogens is 262 g/mol. The molecule has 0 unspecified atom stereocenters. The lowest BCUT2D eigenvalue weighted by atomic mass is 10.0. The zero-order valence-electron chi connectivity index (χ0n) is 11.6. The maximum absolute atomic E-state index is 13.5. The topological polar surface area (TPSA) is 18.5 Å². The summed E-state index contributed by atoms with van der Waals surface area (Å²) in [7, 11) is 1.57. The number of benzene rings is 2. The molecule has 4 heteroatoms. The van der Waals surface area contributed by atoms with Crippen molar-refractivity contribution in [2.24, 2.45) is 0 Å². The van der Waals surface area contributed by atoms with Gasteiger partial charge in [-0.05, 0) is 29.7 Å². The summed E-state index contributed by atoms with van der Waals surface area (Å²) in [5.41, 5.74) is 1.04. The highest BCUT2D eigenvalue weighted by Crippen LogP contribution is 2.33. The van der Waals surface area contributed by atoms with Gasteiger partial charge in [-0.1, -0.05) is 19.9 Å². The maximum atomic E-state index is 13.5. The summed E-state index contributed by atoms with van der Waals surface area (Å²) in [4.78, 5) is 0. The minimum Gasteiger partial charge on any atom is -0.496 e. The molecule has 0 saturated carbocycles. The molecule has 0 aromatic heterocycles. The molecule has 0 saturated heterocycles. The Morgan fingerprint density at radius 2 is 1.70 bits per heavy atom. The number of hydrogen-bond acceptors (Lipinski definition) is 2. The van der Waals surface area contributed by atoms with Gasteiger partial charge in [-0.2, -0.15) is 0 Å². The Labute approximate surface area is 117 Å². The molecule has 0 amide bonds. The molecule has 2 aromatic rings. The van der Waals surface area contributed by atoms with Crippen LogP contribution in [-0.2, 0) is 0 Å². The smallest absolute Gasteiger partial charge is 0.168 e. The van der Waals surface area contributed by atoms with E-state index in [0.717, 1.165) is 17.7 Å². The third-order valence-electron chi connectivity index (χ3n) is 2.95. The predicted molar refractivity (Wildman–Crippen MR) is 73.5 cm³/mol. The summed E-state index contributed by atoms with van der Waals surface area (Å²) >= 11 is 0. The quantitative estimate of drug-likeness (QED) is 0.792. The molecule has 0 N–H and O–H groups in total. The number of methoxy groups -OCH3 is 1. The third kappa shape index (κ3) is 3.07. The van der Waals surface area contributed by atoms with Gasteiger partial charge in [0.25, 0.3) is 0 Å². The molecular formula is C16H16F2O2. The van der Waals surface area contributed by atoms with Gasteiger partial charge in [-0.15, -0.1) is 0 Å². The Hall–Kier alpha value is -2.10. The Morgan fingerprint density at radius 3 is 2.30 bits per heavy atom.